The summed E-state index contributed by atoms with van der Waals surface area (Å²) >= 11 is 0. The number of carbonyl (C=O) groups is 4. The lowest BCUT2D eigenvalue weighted by atomic mass is 9.90. The molecule has 1 aliphatic heterocycles. The maximum atomic E-state index is 13.2. The summed E-state index contributed by atoms with van der Waals surface area (Å²) in [4.78, 5) is 51.0. The monoisotopic (exact) mass is 450 g/mol. The summed E-state index contributed by atoms with van der Waals surface area (Å²) in [6.45, 7) is 1.13. The highest BCUT2D eigenvalue weighted by atomic mass is 16.5. The number of rotatable bonds is 8. The molecule has 2 aliphatic rings. The van der Waals surface area contributed by atoms with Crippen LogP contribution in [0.2, 0.25) is 0 Å². The van der Waals surface area contributed by atoms with Gasteiger partial charge in [-0.05, 0) is 61.1 Å². The van der Waals surface area contributed by atoms with Gasteiger partial charge in [0.1, 0.15) is 17.8 Å². The summed E-state index contributed by atoms with van der Waals surface area (Å²) in [5.74, 6) is -0.609. The van der Waals surface area contributed by atoms with E-state index in [1.807, 2.05) is 24.3 Å². The number of benzene rings is 2. The Balaban J connectivity index is 1.48. The molecule has 172 valence electrons. The average Bonchev–Trinajstić information content (AvgIpc) is 3.62. The zero-order chi connectivity index (χ0) is 23.8. The van der Waals surface area contributed by atoms with Crippen LogP contribution in [0.15, 0.2) is 48.5 Å². The topological polar surface area (TPSA) is 131 Å². The molecule has 0 aromatic heterocycles. The Morgan fingerprint density at radius 3 is 2.52 bits per heavy atom. The molecule has 4 rings (SSSR count). The van der Waals surface area contributed by atoms with E-state index in [9.17, 15) is 19.2 Å². The van der Waals surface area contributed by atoms with Gasteiger partial charge in [-0.3, -0.25) is 19.3 Å². The van der Waals surface area contributed by atoms with E-state index in [-0.39, 0.29) is 11.6 Å². The van der Waals surface area contributed by atoms with Crippen molar-refractivity contribution in [1.29, 1.82) is 0 Å². The lowest BCUT2D eigenvalue weighted by Crippen LogP contribution is -2.44. The Morgan fingerprint density at radius 2 is 1.91 bits per heavy atom. The van der Waals surface area contributed by atoms with Crippen molar-refractivity contribution < 1.29 is 23.9 Å². The van der Waals surface area contributed by atoms with Crippen LogP contribution >= 0.6 is 0 Å². The summed E-state index contributed by atoms with van der Waals surface area (Å²) in [7, 11) is 1.59. The van der Waals surface area contributed by atoms with Crippen molar-refractivity contribution in [3.05, 3.63) is 65.2 Å². The first-order valence-electron chi connectivity index (χ1n) is 10.7. The van der Waals surface area contributed by atoms with Gasteiger partial charge in [0.25, 0.3) is 5.91 Å². The standard InChI is InChI=1S/C24H26N4O5/c1-24(17-5-3-4-16(12-17)21(25)30)22(31)28(23(32)27-24)13-19(29)26-20(14-6-7-14)15-8-10-18(33-2)11-9-15/h3-5,8-12,14,20H,6-7,13H2,1-2H3,(H2,25,30)(H,26,29)(H,27,32). The van der Waals surface area contributed by atoms with Crippen LogP contribution in [0.25, 0.3) is 0 Å². The number of imide groups is 1. The highest BCUT2D eigenvalue weighted by Crippen LogP contribution is 2.41. The fraction of sp³-hybridized carbons (Fsp3) is 0.333. The van der Waals surface area contributed by atoms with Gasteiger partial charge in [-0.25, -0.2) is 4.79 Å². The quantitative estimate of drug-likeness (QED) is 0.528. The van der Waals surface area contributed by atoms with Crippen LogP contribution in [0, 0.1) is 5.92 Å². The van der Waals surface area contributed by atoms with Crippen molar-refractivity contribution in [3.8, 4) is 5.75 Å². The van der Waals surface area contributed by atoms with Crippen molar-refractivity contribution in [2.75, 3.05) is 13.7 Å². The highest BCUT2D eigenvalue weighted by Gasteiger charge is 2.49. The molecule has 4 N–H and O–H groups in total. The third-order valence-electron chi connectivity index (χ3n) is 6.19. The van der Waals surface area contributed by atoms with Gasteiger partial charge in [0, 0.05) is 5.56 Å². The van der Waals surface area contributed by atoms with Gasteiger partial charge in [0.15, 0.2) is 0 Å². The predicted molar refractivity (Wildman–Crippen MR) is 119 cm³/mol. The van der Waals surface area contributed by atoms with E-state index in [1.54, 1.807) is 19.2 Å². The number of nitrogens with two attached hydrogens (primary N) is 1. The Kier molecular flexibility index (Phi) is 5.80. The van der Waals surface area contributed by atoms with Crippen LogP contribution in [0.4, 0.5) is 4.79 Å². The molecule has 1 heterocycles. The van der Waals surface area contributed by atoms with Crippen LogP contribution in [-0.2, 0) is 15.1 Å². The Morgan fingerprint density at radius 1 is 1.21 bits per heavy atom. The Bertz CT molecular complexity index is 1110. The average molecular weight is 450 g/mol. The van der Waals surface area contributed by atoms with Crippen molar-refractivity contribution in [3.63, 3.8) is 0 Å². The number of carbonyl (C=O) groups excluding carboxylic acids is 4. The zero-order valence-electron chi connectivity index (χ0n) is 18.5. The van der Waals surface area contributed by atoms with E-state index in [4.69, 9.17) is 10.5 Å². The minimum Gasteiger partial charge on any atom is -0.497 e. The van der Waals surface area contributed by atoms with E-state index in [0.29, 0.717) is 11.5 Å². The molecular weight excluding hydrogens is 424 g/mol. The summed E-state index contributed by atoms with van der Waals surface area (Å²) < 4.78 is 5.19. The summed E-state index contributed by atoms with van der Waals surface area (Å²) in [6, 6.07) is 12.8. The molecule has 2 atom stereocenters. The van der Waals surface area contributed by atoms with Gasteiger partial charge in [0.05, 0.1) is 13.2 Å². The molecule has 2 fully saturated rings. The first-order valence-corrected chi connectivity index (χ1v) is 10.7. The molecule has 1 saturated carbocycles. The molecule has 5 amide bonds. The molecule has 2 aromatic carbocycles. The van der Waals surface area contributed by atoms with Crippen molar-refractivity contribution in [1.82, 2.24) is 15.5 Å². The second-order valence-electron chi connectivity index (χ2n) is 8.55. The molecule has 9 heteroatoms. The molecule has 0 radical (unpaired) electrons. The van der Waals surface area contributed by atoms with E-state index >= 15 is 0 Å². The Hall–Kier alpha value is -3.88. The number of primary amides is 1. The third kappa shape index (κ3) is 4.39. The molecule has 33 heavy (non-hydrogen) atoms. The fourth-order valence-electron chi connectivity index (χ4n) is 4.10. The van der Waals surface area contributed by atoms with Gasteiger partial charge < -0.3 is 21.1 Å². The zero-order valence-corrected chi connectivity index (χ0v) is 18.5. The van der Waals surface area contributed by atoms with Crippen LogP contribution in [0.3, 0.4) is 0 Å². The van der Waals surface area contributed by atoms with Crippen LogP contribution in [0.5, 0.6) is 5.75 Å². The molecular formula is C24H26N4O5. The van der Waals surface area contributed by atoms with Crippen LogP contribution < -0.4 is 21.1 Å². The minimum atomic E-state index is -1.41. The number of methoxy groups -OCH3 is 1. The molecule has 1 saturated heterocycles. The largest absolute Gasteiger partial charge is 0.497 e. The maximum absolute atomic E-state index is 13.2. The number of hydrogen-bond acceptors (Lipinski definition) is 5. The third-order valence-corrected chi connectivity index (χ3v) is 6.19. The minimum absolute atomic E-state index is 0.206. The number of urea groups is 1. The summed E-state index contributed by atoms with van der Waals surface area (Å²) in [5, 5.41) is 5.62. The number of amides is 5. The SMILES string of the molecule is COc1ccc(C(NC(=O)CN2C(=O)NC(C)(c3cccc(C(N)=O)c3)C2=O)C2CC2)cc1. The van der Waals surface area contributed by atoms with Gasteiger partial charge in [-0.15, -0.1) is 0 Å². The first kappa shape index (κ1) is 22.3. The molecule has 9 nitrogen and oxygen atoms in total. The predicted octanol–water partition coefficient (Wildman–Crippen LogP) is 1.83. The van der Waals surface area contributed by atoms with E-state index < -0.39 is 35.8 Å². The molecule has 2 aromatic rings. The van der Waals surface area contributed by atoms with Crippen LogP contribution in [-0.4, -0.2) is 42.3 Å². The number of hydrogen-bond donors (Lipinski definition) is 3. The number of ether oxygens (including phenoxy) is 1. The van der Waals surface area contributed by atoms with E-state index in [1.165, 1.54) is 19.1 Å². The normalized spacial score (nSPS) is 20.8. The van der Waals surface area contributed by atoms with Gasteiger partial charge in [-0.2, -0.15) is 0 Å². The second-order valence-corrected chi connectivity index (χ2v) is 8.55. The summed E-state index contributed by atoms with van der Waals surface area (Å²) in [6.07, 6.45) is 1.99. The lowest BCUT2D eigenvalue weighted by Gasteiger charge is -2.23. The highest BCUT2D eigenvalue weighted by molar-refractivity contribution is 6.09. The van der Waals surface area contributed by atoms with Gasteiger partial charge in [0.2, 0.25) is 11.8 Å². The summed E-state index contributed by atoms with van der Waals surface area (Å²) in [5.41, 5.74) is 5.50. The Labute approximate surface area is 191 Å². The van der Waals surface area contributed by atoms with Crippen molar-refractivity contribution in [2.24, 2.45) is 11.7 Å². The van der Waals surface area contributed by atoms with Gasteiger partial charge in [-0.1, -0.05) is 24.3 Å². The molecule has 1 aliphatic carbocycles. The first-order chi connectivity index (χ1) is 15.7. The lowest BCUT2D eigenvalue weighted by molar-refractivity contribution is -0.135. The number of nitrogens with one attached hydrogen (secondary N) is 2. The second kappa shape index (κ2) is 8.57. The van der Waals surface area contributed by atoms with Crippen LogP contribution in [0.1, 0.15) is 47.3 Å². The van der Waals surface area contributed by atoms with Gasteiger partial charge >= 0.3 is 6.03 Å². The van der Waals surface area contributed by atoms with Crippen molar-refractivity contribution >= 4 is 23.8 Å². The molecule has 0 bridgehead atoms. The number of nitrogens with zero attached hydrogens (tertiary/aromatic N) is 1. The van der Waals surface area contributed by atoms with Crippen molar-refractivity contribution in [2.45, 2.75) is 31.3 Å². The van der Waals surface area contributed by atoms with E-state index in [2.05, 4.69) is 10.6 Å². The maximum Gasteiger partial charge on any atom is 0.325 e. The fourth-order valence-corrected chi connectivity index (χ4v) is 4.10. The molecule has 0 spiro atoms. The van der Waals surface area contributed by atoms with E-state index in [0.717, 1.165) is 29.1 Å². The molecule has 2 unspecified atom stereocenters. The smallest absolute Gasteiger partial charge is 0.325 e.